The number of para-hydroxylation sites is 2. The van der Waals surface area contributed by atoms with E-state index in [4.69, 9.17) is 4.98 Å². The number of fused-ring (bicyclic) bond motifs is 3. The third kappa shape index (κ3) is 3.88. The topological polar surface area (TPSA) is 84.2 Å². The number of aromatic nitrogens is 4. The van der Waals surface area contributed by atoms with Gasteiger partial charge in [-0.2, -0.15) is 0 Å². The second-order valence-electron chi connectivity index (χ2n) is 7.70. The summed E-state index contributed by atoms with van der Waals surface area (Å²) in [6.45, 7) is 2.66. The lowest BCUT2D eigenvalue weighted by atomic mass is 10.0. The molecular formula is C25H22N6O. The maximum absolute atomic E-state index is 12.7. The first-order chi connectivity index (χ1) is 15.7. The lowest BCUT2D eigenvalue weighted by Gasteiger charge is -2.14. The van der Waals surface area contributed by atoms with Gasteiger partial charge in [-0.1, -0.05) is 55.5 Å². The van der Waals surface area contributed by atoms with E-state index < -0.39 is 0 Å². The number of anilines is 2. The van der Waals surface area contributed by atoms with Crippen LogP contribution in [-0.2, 0) is 0 Å². The van der Waals surface area contributed by atoms with Crippen LogP contribution in [0.2, 0.25) is 0 Å². The molecule has 0 bridgehead atoms. The van der Waals surface area contributed by atoms with Gasteiger partial charge in [-0.05, 0) is 41.8 Å². The van der Waals surface area contributed by atoms with E-state index in [1.54, 1.807) is 12.4 Å². The van der Waals surface area contributed by atoms with E-state index in [0.717, 1.165) is 16.7 Å². The van der Waals surface area contributed by atoms with Gasteiger partial charge in [-0.15, -0.1) is 10.2 Å². The van der Waals surface area contributed by atoms with Crippen LogP contribution in [0.15, 0.2) is 85.2 Å². The number of carbonyl (C=O) groups excluding carboxylic acids is 1. The van der Waals surface area contributed by atoms with Gasteiger partial charge in [0, 0.05) is 17.8 Å². The molecule has 158 valence electrons. The molecule has 2 aromatic heterocycles. The van der Waals surface area contributed by atoms with E-state index in [1.807, 2.05) is 65.1 Å². The predicted molar refractivity (Wildman–Crippen MR) is 125 cm³/mol. The summed E-state index contributed by atoms with van der Waals surface area (Å²) in [6.07, 6.45) is 1.67. The summed E-state index contributed by atoms with van der Waals surface area (Å²) in [5, 5.41) is 14.6. The molecule has 0 spiro atoms. The lowest BCUT2D eigenvalue weighted by molar-refractivity contribution is 0.0951. The Labute approximate surface area is 185 Å². The Kier molecular flexibility index (Phi) is 5.21. The van der Waals surface area contributed by atoms with E-state index in [9.17, 15) is 4.79 Å². The van der Waals surface area contributed by atoms with Gasteiger partial charge in [0.15, 0.2) is 5.82 Å². The zero-order valence-corrected chi connectivity index (χ0v) is 17.6. The number of nitrogens with one attached hydrogen (secondary N) is 2. The molecule has 3 aromatic carbocycles. The van der Waals surface area contributed by atoms with Crippen molar-refractivity contribution >= 4 is 34.1 Å². The molecule has 7 nitrogen and oxygen atoms in total. The highest BCUT2D eigenvalue weighted by Gasteiger charge is 2.13. The molecule has 0 radical (unpaired) electrons. The molecule has 0 fully saturated rings. The summed E-state index contributed by atoms with van der Waals surface area (Å²) in [4.78, 5) is 17.5. The van der Waals surface area contributed by atoms with Crippen molar-refractivity contribution in [3.8, 4) is 0 Å². The number of rotatable bonds is 6. The second-order valence-corrected chi connectivity index (χ2v) is 7.70. The fourth-order valence-electron chi connectivity index (χ4n) is 3.71. The molecule has 2 N–H and O–H groups in total. The first-order valence-corrected chi connectivity index (χ1v) is 10.5. The fraction of sp³-hybridized carbons (Fsp3) is 0.120. The average molecular weight is 422 g/mol. The van der Waals surface area contributed by atoms with Crippen LogP contribution in [0.25, 0.3) is 16.7 Å². The Bertz CT molecular complexity index is 1400. The molecule has 7 heteroatoms. The number of benzene rings is 3. The number of amides is 1. The van der Waals surface area contributed by atoms with Crippen molar-refractivity contribution in [3.63, 3.8) is 0 Å². The zero-order chi connectivity index (χ0) is 21.9. The van der Waals surface area contributed by atoms with E-state index in [2.05, 4.69) is 39.9 Å². The van der Waals surface area contributed by atoms with Crippen molar-refractivity contribution in [2.45, 2.75) is 12.8 Å². The molecule has 1 amide bonds. The summed E-state index contributed by atoms with van der Waals surface area (Å²) in [7, 11) is 0. The quantitative estimate of drug-likeness (QED) is 0.419. The molecular weight excluding hydrogens is 400 g/mol. The lowest BCUT2D eigenvalue weighted by Crippen LogP contribution is -2.27. The largest absolute Gasteiger partial charge is 0.351 e. The van der Waals surface area contributed by atoms with Crippen molar-refractivity contribution in [1.29, 1.82) is 0 Å². The van der Waals surface area contributed by atoms with Crippen molar-refractivity contribution in [2.24, 2.45) is 0 Å². The molecule has 2 heterocycles. The van der Waals surface area contributed by atoms with Gasteiger partial charge < -0.3 is 10.6 Å². The Hall–Kier alpha value is -4.26. The highest BCUT2D eigenvalue weighted by molar-refractivity contribution is 5.95. The molecule has 0 saturated heterocycles. The molecule has 0 aliphatic rings. The van der Waals surface area contributed by atoms with Gasteiger partial charge >= 0.3 is 0 Å². The molecule has 0 unspecified atom stereocenters. The van der Waals surface area contributed by atoms with Crippen LogP contribution in [0.3, 0.4) is 0 Å². The predicted octanol–water partition coefficient (Wildman–Crippen LogP) is 4.55. The van der Waals surface area contributed by atoms with Crippen molar-refractivity contribution in [3.05, 3.63) is 96.3 Å². The van der Waals surface area contributed by atoms with Crippen LogP contribution in [0.4, 0.5) is 11.5 Å². The average Bonchev–Trinajstić information content (AvgIpc) is 3.34. The number of hydrogen-bond acceptors (Lipinski definition) is 5. The van der Waals surface area contributed by atoms with Gasteiger partial charge in [0.1, 0.15) is 6.33 Å². The van der Waals surface area contributed by atoms with Crippen LogP contribution < -0.4 is 10.6 Å². The van der Waals surface area contributed by atoms with Gasteiger partial charge in [0.05, 0.1) is 11.0 Å². The summed E-state index contributed by atoms with van der Waals surface area (Å²) in [6, 6.07) is 25.3. The third-order valence-corrected chi connectivity index (χ3v) is 5.46. The first-order valence-electron chi connectivity index (χ1n) is 10.5. The number of hydrogen-bond donors (Lipinski definition) is 2. The summed E-state index contributed by atoms with van der Waals surface area (Å²) >= 11 is 0. The standard InChI is InChI=1S/C25H22N6O/c1-17(18-8-3-2-4-9-18)15-26-25(32)19-10-7-11-20(14-19)28-23-24-30-27-16-31(24)22-13-6-5-12-21(22)29-23/h2-14,16-17H,15H2,1H3,(H,26,32)(H,28,29)/t17-/m0/s1. The van der Waals surface area contributed by atoms with Gasteiger partial charge in [-0.3, -0.25) is 9.20 Å². The highest BCUT2D eigenvalue weighted by Crippen LogP contribution is 2.23. The van der Waals surface area contributed by atoms with E-state index in [1.165, 1.54) is 5.56 Å². The molecule has 5 aromatic rings. The van der Waals surface area contributed by atoms with Crippen molar-refractivity contribution in [2.75, 3.05) is 11.9 Å². The molecule has 0 aliphatic heterocycles. The number of nitrogens with zero attached hydrogens (tertiary/aromatic N) is 4. The Morgan fingerprint density at radius 2 is 1.81 bits per heavy atom. The van der Waals surface area contributed by atoms with E-state index in [-0.39, 0.29) is 11.8 Å². The smallest absolute Gasteiger partial charge is 0.251 e. The van der Waals surface area contributed by atoms with Gasteiger partial charge in [0.2, 0.25) is 5.65 Å². The van der Waals surface area contributed by atoms with Gasteiger partial charge in [-0.25, -0.2) is 4.98 Å². The van der Waals surface area contributed by atoms with Crippen LogP contribution in [0.1, 0.15) is 28.8 Å². The Balaban J connectivity index is 1.35. The second kappa shape index (κ2) is 8.47. The monoisotopic (exact) mass is 422 g/mol. The zero-order valence-electron chi connectivity index (χ0n) is 17.6. The van der Waals surface area contributed by atoms with E-state index in [0.29, 0.717) is 23.6 Å². The minimum Gasteiger partial charge on any atom is -0.351 e. The van der Waals surface area contributed by atoms with Crippen LogP contribution in [0.5, 0.6) is 0 Å². The van der Waals surface area contributed by atoms with Crippen molar-refractivity contribution < 1.29 is 4.79 Å². The summed E-state index contributed by atoms with van der Waals surface area (Å²) in [5.41, 5.74) is 4.90. The molecule has 1 atom stereocenters. The summed E-state index contributed by atoms with van der Waals surface area (Å²) < 4.78 is 1.90. The van der Waals surface area contributed by atoms with E-state index >= 15 is 0 Å². The Morgan fingerprint density at radius 1 is 1.00 bits per heavy atom. The van der Waals surface area contributed by atoms with Crippen LogP contribution >= 0.6 is 0 Å². The molecule has 32 heavy (non-hydrogen) atoms. The van der Waals surface area contributed by atoms with Crippen LogP contribution in [0, 0.1) is 0 Å². The first kappa shape index (κ1) is 19.7. The highest BCUT2D eigenvalue weighted by atomic mass is 16.1. The minimum atomic E-state index is -0.115. The number of carbonyl (C=O) groups is 1. The van der Waals surface area contributed by atoms with Crippen molar-refractivity contribution in [1.82, 2.24) is 24.9 Å². The molecule has 0 aliphatic carbocycles. The SMILES string of the molecule is C[C@@H](CNC(=O)c1cccc(Nc2nc3ccccc3n3cnnc23)c1)c1ccccc1. The third-order valence-electron chi connectivity index (χ3n) is 5.46. The summed E-state index contributed by atoms with van der Waals surface area (Å²) in [5.74, 6) is 0.691. The normalized spacial score (nSPS) is 12.0. The minimum absolute atomic E-state index is 0.115. The Morgan fingerprint density at radius 3 is 2.69 bits per heavy atom. The molecule has 0 saturated carbocycles. The van der Waals surface area contributed by atoms with Crippen LogP contribution in [-0.4, -0.2) is 32.0 Å². The maximum Gasteiger partial charge on any atom is 0.251 e. The maximum atomic E-state index is 12.7. The molecule has 5 rings (SSSR count). The fourth-order valence-corrected chi connectivity index (χ4v) is 3.71. The van der Waals surface area contributed by atoms with Gasteiger partial charge in [0.25, 0.3) is 5.91 Å².